The van der Waals surface area contributed by atoms with Gasteiger partial charge in [-0.05, 0) is 25.7 Å². The minimum absolute atomic E-state index is 0. The third-order valence-electron chi connectivity index (χ3n) is 2.66. The van der Waals surface area contributed by atoms with E-state index >= 15 is 0 Å². The van der Waals surface area contributed by atoms with E-state index in [2.05, 4.69) is 14.0 Å². The summed E-state index contributed by atoms with van der Waals surface area (Å²) in [6.45, 7) is 6.53. The Labute approximate surface area is 104 Å². The Balaban J connectivity index is -0.000000333. The number of quaternary nitrogens is 1. The molecule has 1 aliphatic heterocycles. The van der Waals surface area contributed by atoms with Crippen LogP contribution in [0.5, 0.6) is 0 Å². The lowest BCUT2D eigenvalue weighted by Crippen LogP contribution is -3.00. The fourth-order valence-electron chi connectivity index (χ4n) is 2.04. The molecule has 0 radical (unpaired) electrons. The SMILES string of the molecule is Br.CCC[N+]1(C)CCCCC1.N.[Br-]. The molecule has 4 heteroatoms. The highest BCUT2D eigenvalue weighted by molar-refractivity contribution is 8.93. The van der Waals surface area contributed by atoms with E-state index in [4.69, 9.17) is 0 Å². The Morgan fingerprint density at radius 1 is 1.08 bits per heavy atom. The van der Waals surface area contributed by atoms with Gasteiger partial charge in [-0.15, -0.1) is 17.0 Å². The predicted molar refractivity (Wildman–Crippen MR) is 60.3 cm³/mol. The van der Waals surface area contributed by atoms with Gasteiger partial charge in [-0.1, -0.05) is 6.92 Å². The van der Waals surface area contributed by atoms with Crippen molar-refractivity contribution in [3.05, 3.63) is 0 Å². The molecule has 0 aromatic heterocycles. The second-order valence-electron chi connectivity index (χ2n) is 3.85. The topological polar surface area (TPSA) is 35.0 Å². The van der Waals surface area contributed by atoms with Gasteiger partial charge in [0.1, 0.15) is 0 Å². The van der Waals surface area contributed by atoms with Crippen LogP contribution in [0.1, 0.15) is 32.6 Å². The van der Waals surface area contributed by atoms with Crippen molar-refractivity contribution in [3.63, 3.8) is 0 Å². The number of hydrogen-bond acceptors (Lipinski definition) is 1. The van der Waals surface area contributed by atoms with Crippen LogP contribution in [0.3, 0.4) is 0 Å². The number of rotatable bonds is 2. The van der Waals surface area contributed by atoms with E-state index in [0.29, 0.717) is 0 Å². The normalized spacial score (nSPS) is 18.9. The summed E-state index contributed by atoms with van der Waals surface area (Å²) in [5.41, 5.74) is 0. The van der Waals surface area contributed by atoms with Gasteiger partial charge in [0, 0.05) is 0 Å². The molecular formula is C9H24Br2N2. The third-order valence-corrected chi connectivity index (χ3v) is 2.66. The van der Waals surface area contributed by atoms with E-state index < -0.39 is 0 Å². The van der Waals surface area contributed by atoms with Crippen LogP contribution in [0.2, 0.25) is 0 Å². The summed E-state index contributed by atoms with van der Waals surface area (Å²) in [4.78, 5) is 0. The lowest BCUT2D eigenvalue weighted by atomic mass is 10.1. The van der Waals surface area contributed by atoms with Crippen LogP contribution in [0.15, 0.2) is 0 Å². The average molecular weight is 320 g/mol. The molecule has 0 aromatic carbocycles. The Kier molecular flexibility index (Phi) is 14.1. The Hall–Kier alpha value is 0.880. The first kappa shape index (κ1) is 19.5. The summed E-state index contributed by atoms with van der Waals surface area (Å²) in [6, 6.07) is 0. The number of halogens is 2. The number of nitrogens with zero attached hydrogens (tertiary/aromatic N) is 1. The molecule has 1 saturated heterocycles. The van der Waals surface area contributed by atoms with Crippen LogP contribution < -0.4 is 23.1 Å². The zero-order valence-electron chi connectivity index (χ0n) is 8.89. The van der Waals surface area contributed by atoms with Gasteiger partial charge in [0.2, 0.25) is 0 Å². The quantitative estimate of drug-likeness (QED) is 0.701. The molecule has 84 valence electrons. The predicted octanol–water partition coefficient (Wildman–Crippen LogP) is -0.229. The zero-order valence-corrected chi connectivity index (χ0v) is 12.2. The molecule has 2 nitrogen and oxygen atoms in total. The first-order chi connectivity index (χ1) is 4.77. The summed E-state index contributed by atoms with van der Waals surface area (Å²) < 4.78 is 1.34. The maximum absolute atomic E-state index is 2.41. The van der Waals surface area contributed by atoms with Gasteiger partial charge < -0.3 is 27.6 Å². The van der Waals surface area contributed by atoms with Crippen LogP contribution in [0.25, 0.3) is 0 Å². The van der Waals surface area contributed by atoms with Gasteiger partial charge in [0.25, 0.3) is 0 Å². The van der Waals surface area contributed by atoms with E-state index in [-0.39, 0.29) is 40.1 Å². The van der Waals surface area contributed by atoms with Gasteiger partial charge in [0.05, 0.1) is 26.7 Å². The van der Waals surface area contributed by atoms with E-state index in [0.717, 1.165) is 0 Å². The fraction of sp³-hybridized carbons (Fsp3) is 1.00. The molecule has 1 rings (SSSR count). The number of likely N-dealkylation sites (tertiary alicyclic amines) is 1. The fourth-order valence-corrected chi connectivity index (χ4v) is 2.04. The monoisotopic (exact) mass is 318 g/mol. The second-order valence-corrected chi connectivity index (χ2v) is 3.85. The standard InChI is InChI=1S/C9H20N.2BrH.H3N/c1-3-7-10(2)8-5-4-6-9-10;;;/h3-9H2,1-2H3;2*1H;1H3/q+1;;;/p-1. The molecule has 0 spiro atoms. The Bertz CT molecular complexity index is 98.3. The smallest absolute Gasteiger partial charge is 0.0784 e. The van der Waals surface area contributed by atoms with Crippen LogP contribution in [0.4, 0.5) is 0 Å². The summed E-state index contributed by atoms with van der Waals surface area (Å²) in [6.07, 6.45) is 5.72. The molecule has 0 amide bonds. The van der Waals surface area contributed by atoms with Crippen LogP contribution >= 0.6 is 17.0 Å². The largest absolute Gasteiger partial charge is 1.00 e. The van der Waals surface area contributed by atoms with Gasteiger partial charge >= 0.3 is 0 Å². The number of piperidine rings is 1. The molecule has 3 N–H and O–H groups in total. The Morgan fingerprint density at radius 2 is 1.54 bits per heavy atom. The highest BCUT2D eigenvalue weighted by Gasteiger charge is 2.22. The van der Waals surface area contributed by atoms with E-state index in [1.165, 1.54) is 49.8 Å². The van der Waals surface area contributed by atoms with Crippen molar-refractivity contribution in [2.45, 2.75) is 32.6 Å². The summed E-state index contributed by atoms with van der Waals surface area (Å²) in [5, 5.41) is 0. The average Bonchev–Trinajstić information content (AvgIpc) is 1.89. The van der Waals surface area contributed by atoms with Crippen LogP contribution in [0, 0.1) is 0 Å². The van der Waals surface area contributed by atoms with Gasteiger partial charge in [-0.25, -0.2) is 0 Å². The summed E-state index contributed by atoms with van der Waals surface area (Å²) in [5.74, 6) is 0. The maximum Gasteiger partial charge on any atom is 0.0784 e. The molecule has 13 heavy (non-hydrogen) atoms. The van der Waals surface area contributed by atoms with Crippen molar-refractivity contribution in [2.24, 2.45) is 0 Å². The van der Waals surface area contributed by atoms with Crippen molar-refractivity contribution in [2.75, 3.05) is 26.7 Å². The molecule has 0 saturated carbocycles. The highest BCUT2D eigenvalue weighted by Crippen LogP contribution is 2.15. The Morgan fingerprint density at radius 3 is 1.92 bits per heavy atom. The van der Waals surface area contributed by atoms with Gasteiger partial charge in [-0.2, -0.15) is 0 Å². The summed E-state index contributed by atoms with van der Waals surface area (Å²) >= 11 is 0. The maximum atomic E-state index is 2.41. The molecule has 0 atom stereocenters. The first-order valence-electron chi connectivity index (χ1n) is 4.60. The third kappa shape index (κ3) is 6.89. The van der Waals surface area contributed by atoms with E-state index in [9.17, 15) is 0 Å². The molecule has 0 bridgehead atoms. The van der Waals surface area contributed by atoms with E-state index in [1.807, 2.05) is 0 Å². The van der Waals surface area contributed by atoms with E-state index in [1.54, 1.807) is 0 Å². The van der Waals surface area contributed by atoms with Crippen LogP contribution in [-0.4, -0.2) is 31.2 Å². The van der Waals surface area contributed by atoms with Crippen LogP contribution in [-0.2, 0) is 0 Å². The van der Waals surface area contributed by atoms with Crippen molar-refractivity contribution in [3.8, 4) is 0 Å². The molecule has 0 aromatic rings. The lowest BCUT2D eigenvalue weighted by Gasteiger charge is -2.37. The molecule has 1 aliphatic rings. The van der Waals surface area contributed by atoms with Crippen molar-refractivity contribution < 1.29 is 21.5 Å². The lowest BCUT2D eigenvalue weighted by molar-refractivity contribution is -0.914. The molecule has 0 unspecified atom stereocenters. The van der Waals surface area contributed by atoms with Crippen molar-refractivity contribution >= 4 is 17.0 Å². The minimum Gasteiger partial charge on any atom is -1.00 e. The molecule has 1 fully saturated rings. The molecule has 0 aliphatic carbocycles. The van der Waals surface area contributed by atoms with Crippen molar-refractivity contribution in [1.29, 1.82) is 0 Å². The second kappa shape index (κ2) is 9.44. The summed E-state index contributed by atoms with van der Waals surface area (Å²) in [7, 11) is 2.41. The van der Waals surface area contributed by atoms with Crippen molar-refractivity contribution in [1.82, 2.24) is 6.15 Å². The van der Waals surface area contributed by atoms with Gasteiger partial charge in [-0.3, -0.25) is 0 Å². The zero-order chi connectivity index (χ0) is 7.45. The van der Waals surface area contributed by atoms with Gasteiger partial charge in [0.15, 0.2) is 0 Å². The minimum atomic E-state index is 0. The molecule has 1 heterocycles. The first-order valence-corrected chi connectivity index (χ1v) is 4.60. The highest BCUT2D eigenvalue weighted by atomic mass is 79.9. The number of hydrogen-bond donors (Lipinski definition) is 1. The molecular weight excluding hydrogens is 296 g/mol.